The van der Waals surface area contributed by atoms with Crippen LogP contribution in [-0.2, 0) is 22.2 Å². The van der Waals surface area contributed by atoms with Crippen LogP contribution in [0.15, 0.2) is 42.5 Å². The van der Waals surface area contributed by atoms with E-state index in [1.165, 1.54) is 36.6 Å². The molecule has 1 saturated carbocycles. The average molecular weight is 487 g/mol. The minimum absolute atomic E-state index is 0.0192. The fraction of sp³-hybridized carbons (Fsp3) is 0.552. The predicted octanol–water partition coefficient (Wildman–Crippen LogP) is 5.37. The first kappa shape index (κ1) is 27.3. The molecule has 1 aliphatic rings. The lowest BCUT2D eigenvalue weighted by Gasteiger charge is -2.45. The Kier molecular flexibility index (Phi) is 8.71. The van der Waals surface area contributed by atoms with Crippen molar-refractivity contribution in [2.24, 2.45) is 5.92 Å². The summed E-state index contributed by atoms with van der Waals surface area (Å²) in [5.74, 6) is -1.30. The van der Waals surface area contributed by atoms with Crippen LogP contribution in [0.4, 0.5) is 8.78 Å². The van der Waals surface area contributed by atoms with Crippen molar-refractivity contribution in [3.05, 3.63) is 70.8 Å². The molecule has 192 valence electrons. The molecule has 6 heteroatoms. The minimum atomic E-state index is -0.943. The maximum atomic E-state index is 13.7. The van der Waals surface area contributed by atoms with Crippen LogP contribution in [0, 0.1) is 17.6 Å². The summed E-state index contributed by atoms with van der Waals surface area (Å²) in [6.45, 7) is 10.5. The quantitative estimate of drug-likeness (QED) is 0.470. The number of nitrogens with one attached hydrogen (secondary N) is 2. The zero-order chi connectivity index (χ0) is 25.8. The lowest BCUT2D eigenvalue weighted by Crippen LogP contribution is -2.55. The van der Waals surface area contributed by atoms with E-state index in [0.29, 0.717) is 11.5 Å². The number of halogens is 2. The van der Waals surface area contributed by atoms with Gasteiger partial charge in [0.25, 0.3) is 0 Å². The van der Waals surface area contributed by atoms with Gasteiger partial charge in [0.1, 0.15) is 11.6 Å². The minimum Gasteiger partial charge on any atom is -0.390 e. The second-order valence-electron chi connectivity index (χ2n) is 11.2. The van der Waals surface area contributed by atoms with Gasteiger partial charge in [0, 0.05) is 25.1 Å². The number of benzene rings is 2. The molecule has 1 amide bonds. The molecule has 4 atom stereocenters. The van der Waals surface area contributed by atoms with Crippen LogP contribution in [-0.4, -0.2) is 29.7 Å². The van der Waals surface area contributed by atoms with Gasteiger partial charge in [0.15, 0.2) is 0 Å². The Balaban J connectivity index is 1.85. The van der Waals surface area contributed by atoms with E-state index in [-0.39, 0.29) is 29.8 Å². The predicted molar refractivity (Wildman–Crippen MR) is 136 cm³/mol. The van der Waals surface area contributed by atoms with Gasteiger partial charge in [0.2, 0.25) is 5.91 Å². The third-order valence-electron chi connectivity index (χ3n) is 7.40. The summed E-state index contributed by atoms with van der Waals surface area (Å²) < 4.78 is 27.5. The summed E-state index contributed by atoms with van der Waals surface area (Å²) in [6, 6.07) is 11.3. The summed E-state index contributed by atoms with van der Waals surface area (Å²) in [6.07, 6.45) is 3.48. The van der Waals surface area contributed by atoms with Crippen LogP contribution in [0.3, 0.4) is 0 Å². The average Bonchev–Trinajstić information content (AvgIpc) is 2.76. The molecule has 35 heavy (non-hydrogen) atoms. The molecule has 4 nitrogen and oxygen atoms in total. The highest BCUT2D eigenvalue weighted by Gasteiger charge is 2.40. The van der Waals surface area contributed by atoms with Crippen molar-refractivity contribution in [2.45, 2.75) is 89.8 Å². The zero-order valence-corrected chi connectivity index (χ0v) is 21.6. The van der Waals surface area contributed by atoms with E-state index in [2.05, 4.69) is 62.6 Å². The molecule has 0 heterocycles. The van der Waals surface area contributed by atoms with Crippen molar-refractivity contribution in [1.82, 2.24) is 10.6 Å². The van der Waals surface area contributed by atoms with Gasteiger partial charge in [-0.15, -0.1) is 0 Å². The molecule has 2 aromatic rings. The van der Waals surface area contributed by atoms with Crippen molar-refractivity contribution >= 4 is 5.91 Å². The largest absolute Gasteiger partial charge is 0.390 e. The standard InChI is InChI=1S/C29H40F2N2O2/c1-19-9-6-7-12-29(19,23-11-8-10-22(16-23)28(3,4)5)32-18-27(35)26(33-20(2)34)15-21-13-24(30)17-25(31)14-21/h8,10-11,13-14,16-17,19,26-27,32,35H,6-7,9,12,15,18H2,1-5H3,(H,33,34)/t19?,26-,27-,29?/m1/s1. The molecular weight excluding hydrogens is 446 g/mol. The van der Waals surface area contributed by atoms with E-state index in [1.54, 1.807) is 0 Å². The van der Waals surface area contributed by atoms with E-state index >= 15 is 0 Å². The van der Waals surface area contributed by atoms with Crippen molar-refractivity contribution in [1.29, 1.82) is 0 Å². The highest BCUT2D eigenvalue weighted by atomic mass is 19.1. The Morgan fingerprint density at radius 2 is 1.83 bits per heavy atom. The second kappa shape index (κ2) is 11.2. The summed E-state index contributed by atoms with van der Waals surface area (Å²) in [4.78, 5) is 11.9. The first-order valence-electron chi connectivity index (χ1n) is 12.7. The van der Waals surface area contributed by atoms with Crippen molar-refractivity contribution in [2.75, 3.05) is 6.54 Å². The molecular formula is C29H40F2N2O2. The van der Waals surface area contributed by atoms with Crippen LogP contribution < -0.4 is 10.6 Å². The van der Waals surface area contributed by atoms with Crippen LogP contribution in [0.2, 0.25) is 0 Å². The molecule has 1 aliphatic carbocycles. The Hall–Kier alpha value is -2.31. The van der Waals surface area contributed by atoms with Gasteiger partial charge in [0.05, 0.1) is 12.1 Å². The maximum absolute atomic E-state index is 13.7. The SMILES string of the molecule is CC(=O)N[C@H](Cc1cc(F)cc(F)c1)[C@H](O)CNC1(c2cccc(C(C)(C)C)c2)CCCCC1C. The van der Waals surface area contributed by atoms with Gasteiger partial charge < -0.3 is 15.7 Å². The lowest BCUT2D eigenvalue weighted by molar-refractivity contribution is -0.120. The number of hydrogen-bond donors (Lipinski definition) is 3. The van der Waals surface area contributed by atoms with Gasteiger partial charge in [-0.25, -0.2) is 8.78 Å². The number of amides is 1. The molecule has 0 aliphatic heterocycles. The highest BCUT2D eigenvalue weighted by molar-refractivity contribution is 5.73. The summed E-state index contributed by atoms with van der Waals surface area (Å²) in [7, 11) is 0. The third kappa shape index (κ3) is 6.89. The first-order chi connectivity index (χ1) is 16.4. The van der Waals surface area contributed by atoms with Crippen molar-refractivity contribution in [3.8, 4) is 0 Å². The number of carbonyl (C=O) groups is 1. The third-order valence-corrected chi connectivity index (χ3v) is 7.40. The number of rotatable bonds is 8. The smallest absolute Gasteiger partial charge is 0.217 e. The summed E-state index contributed by atoms with van der Waals surface area (Å²) >= 11 is 0. The molecule has 0 bridgehead atoms. The molecule has 2 aromatic carbocycles. The van der Waals surface area contributed by atoms with Gasteiger partial charge in [-0.1, -0.05) is 64.8 Å². The normalized spacial score (nSPS) is 22.5. The van der Waals surface area contributed by atoms with E-state index in [9.17, 15) is 18.7 Å². The fourth-order valence-electron chi connectivity index (χ4n) is 5.36. The van der Waals surface area contributed by atoms with Crippen LogP contribution in [0.1, 0.15) is 77.0 Å². The molecule has 3 rings (SSSR count). The first-order valence-corrected chi connectivity index (χ1v) is 12.7. The van der Waals surface area contributed by atoms with Gasteiger partial charge in [-0.05, 0) is 59.4 Å². The van der Waals surface area contributed by atoms with E-state index in [4.69, 9.17) is 0 Å². The highest BCUT2D eigenvalue weighted by Crippen LogP contribution is 2.42. The van der Waals surface area contributed by atoms with E-state index in [1.807, 2.05) is 0 Å². The summed E-state index contributed by atoms with van der Waals surface area (Å²) in [5.41, 5.74) is 2.59. The monoisotopic (exact) mass is 486 g/mol. The molecule has 2 unspecified atom stereocenters. The Labute approximate surface area is 208 Å². The Morgan fingerprint density at radius 3 is 2.43 bits per heavy atom. The zero-order valence-electron chi connectivity index (χ0n) is 21.6. The van der Waals surface area contributed by atoms with Crippen LogP contribution >= 0.6 is 0 Å². The number of aliphatic hydroxyl groups is 1. The molecule has 0 saturated heterocycles. The van der Waals surface area contributed by atoms with E-state index < -0.39 is 23.8 Å². The maximum Gasteiger partial charge on any atom is 0.217 e. The molecule has 1 fully saturated rings. The second-order valence-corrected chi connectivity index (χ2v) is 11.2. The fourth-order valence-corrected chi connectivity index (χ4v) is 5.36. The number of aliphatic hydroxyl groups excluding tert-OH is 1. The van der Waals surface area contributed by atoms with Crippen LogP contribution in [0.25, 0.3) is 0 Å². The van der Waals surface area contributed by atoms with Crippen LogP contribution in [0.5, 0.6) is 0 Å². The topological polar surface area (TPSA) is 61.4 Å². The number of carbonyl (C=O) groups excluding carboxylic acids is 1. The molecule has 3 N–H and O–H groups in total. The molecule has 0 spiro atoms. The lowest BCUT2D eigenvalue weighted by atomic mass is 9.68. The Morgan fingerprint density at radius 1 is 1.14 bits per heavy atom. The van der Waals surface area contributed by atoms with Crippen molar-refractivity contribution < 1.29 is 18.7 Å². The van der Waals surface area contributed by atoms with Gasteiger partial charge in [-0.2, -0.15) is 0 Å². The summed E-state index contributed by atoms with van der Waals surface area (Å²) in [5, 5.41) is 17.6. The molecule has 0 radical (unpaired) electrons. The van der Waals surface area contributed by atoms with Crippen molar-refractivity contribution in [3.63, 3.8) is 0 Å². The Bertz CT molecular complexity index is 1000. The number of hydrogen-bond acceptors (Lipinski definition) is 3. The molecule has 0 aromatic heterocycles. The van der Waals surface area contributed by atoms with E-state index in [0.717, 1.165) is 25.3 Å². The van der Waals surface area contributed by atoms with Gasteiger partial charge >= 0.3 is 0 Å². The van der Waals surface area contributed by atoms with Gasteiger partial charge in [-0.3, -0.25) is 4.79 Å².